The van der Waals surface area contributed by atoms with Crippen molar-refractivity contribution in [3.8, 4) is 28.3 Å². The molecule has 2 aromatic heterocycles. The number of ether oxygens (including phenoxy) is 1. The zero-order valence-electron chi connectivity index (χ0n) is 18.0. The van der Waals surface area contributed by atoms with Crippen molar-refractivity contribution in [2.45, 2.75) is 18.8 Å². The molecule has 0 aliphatic heterocycles. The van der Waals surface area contributed by atoms with Crippen LogP contribution in [0.1, 0.15) is 12.8 Å². The average Bonchev–Trinajstić information content (AvgIpc) is 3.18. The van der Waals surface area contributed by atoms with E-state index in [9.17, 15) is 13.6 Å². The third-order valence-corrected chi connectivity index (χ3v) is 5.81. The summed E-state index contributed by atoms with van der Waals surface area (Å²) >= 11 is 0. The van der Waals surface area contributed by atoms with Gasteiger partial charge in [0.15, 0.2) is 0 Å². The lowest BCUT2D eigenvalue weighted by atomic mass is 9.80. The molecular weight excluding hydrogens is 428 g/mol. The summed E-state index contributed by atoms with van der Waals surface area (Å²) < 4.78 is 33.6. The number of anilines is 1. The van der Waals surface area contributed by atoms with E-state index in [0.29, 0.717) is 28.0 Å². The largest absolute Gasteiger partial charge is 0.494 e. The van der Waals surface area contributed by atoms with E-state index in [0.717, 1.165) is 16.8 Å². The zero-order valence-corrected chi connectivity index (χ0v) is 18.0. The second-order valence-corrected chi connectivity index (χ2v) is 8.17. The van der Waals surface area contributed by atoms with E-state index in [1.807, 2.05) is 43.6 Å². The van der Waals surface area contributed by atoms with Gasteiger partial charge in [-0.2, -0.15) is 5.10 Å². The van der Waals surface area contributed by atoms with Crippen molar-refractivity contribution in [3.63, 3.8) is 0 Å². The standard InChI is InChI=1S/C24H21F2N5O2/c1-31-12-17(21(30-31)14-6-4-3-5-7-14)22-16-8-19(20(33-2)9-18(16)27-13-28-22)29-23(32)15-10-24(25,26)11-15/h3-9,12-13,15H,10-11H2,1-2H3,(H,29,32). The monoisotopic (exact) mass is 449 g/mol. The summed E-state index contributed by atoms with van der Waals surface area (Å²) in [5, 5.41) is 8.04. The van der Waals surface area contributed by atoms with Gasteiger partial charge < -0.3 is 10.1 Å². The Hall–Kier alpha value is -3.88. The summed E-state index contributed by atoms with van der Waals surface area (Å²) in [6.45, 7) is 0. The number of hydrogen-bond acceptors (Lipinski definition) is 5. The maximum atomic E-state index is 13.2. The Kier molecular flexibility index (Phi) is 5.03. The average molecular weight is 449 g/mol. The molecule has 1 saturated carbocycles. The third kappa shape index (κ3) is 3.90. The third-order valence-electron chi connectivity index (χ3n) is 5.81. The molecule has 1 N–H and O–H groups in total. The van der Waals surface area contributed by atoms with Crippen LogP contribution in [0, 0.1) is 5.92 Å². The molecule has 1 fully saturated rings. The van der Waals surface area contributed by atoms with E-state index in [1.165, 1.54) is 13.4 Å². The Balaban J connectivity index is 1.59. The highest BCUT2D eigenvalue weighted by atomic mass is 19.3. The van der Waals surface area contributed by atoms with Crippen molar-refractivity contribution in [1.29, 1.82) is 0 Å². The fourth-order valence-electron chi connectivity index (χ4n) is 4.12. The fraction of sp³-hybridized carbons (Fsp3) is 0.250. The molecule has 0 bridgehead atoms. The molecular formula is C24H21F2N5O2. The van der Waals surface area contributed by atoms with Crippen molar-refractivity contribution in [1.82, 2.24) is 19.7 Å². The van der Waals surface area contributed by atoms with Gasteiger partial charge >= 0.3 is 0 Å². The number of amides is 1. The number of benzene rings is 2. The van der Waals surface area contributed by atoms with Gasteiger partial charge in [0.2, 0.25) is 11.8 Å². The van der Waals surface area contributed by atoms with Gasteiger partial charge in [-0.05, 0) is 6.07 Å². The molecule has 0 spiro atoms. The van der Waals surface area contributed by atoms with Crippen LogP contribution in [0.25, 0.3) is 33.4 Å². The minimum Gasteiger partial charge on any atom is -0.494 e. The number of fused-ring (bicyclic) bond motifs is 1. The normalized spacial score (nSPS) is 15.3. The first kappa shape index (κ1) is 21.0. The quantitative estimate of drug-likeness (QED) is 0.478. The summed E-state index contributed by atoms with van der Waals surface area (Å²) in [5.74, 6) is -3.57. The minimum atomic E-state index is -2.77. The highest BCUT2D eigenvalue weighted by Gasteiger charge is 2.48. The molecule has 0 radical (unpaired) electrons. The zero-order chi connectivity index (χ0) is 23.2. The second kappa shape index (κ2) is 7.91. The van der Waals surface area contributed by atoms with Crippen LogP contribution in [0.3, 0.4) is 0 Å². The number of alkyl halides is 2. The van der Waals surface area contributed by atoms with Crippen molar-refractivity contribution >= 4 is 22.5 Å². The number of nitrogens with zero attached hydrogens (tertiary/aromatic N) is 4. The van der Waals surface area contributed by atoms with E-state index >= 15 is 0 Å². The number of hydrogen-bond donors (Lipinski definition) is 1. The van der Waals surface area contributed by atoms with E-state index in [1.54, 1.807) is 16.8 Å². The SMILES string of the molecule is COc1cc2ncnc(-c3cn(C)nc3-c3ccccc3)c2cc1NC(=O)C1CC(F)(F)C1. The smallest absolute Gasteiger partial charge is 0.249 e. The van der Waals surface area contributed by atoms with Crippen LogP contribution in [0.4, 0.5) is 14.5 Å². The van der Waals surface area contributed by atoms with Crippen LogP contribution in [0.2, 0.25) is 0 Å². The van der Waals surface area contributed by atoms with Gasteiger partial charge in [0.25, 0.3) is 0 Å². The number of aryl methyl sites for hydroxylation is 1. The maximum Gasteiger partial charge on any atom is 0.249 e. The summed E-state index contributed by atoms with van der Waals surface area (Å²) in [6.07, 6.45) is 2.45. The molecule has 0 unspecified atom stereocenters. The molecule has 1 amide bonds. The molecule has 0 atom stereocenters. The molecule has 2 heterocycles. The molecule has 7 nitrogen and oxygen atoms in total. The van der Waals surface area contributed by atoms with Crippen LogP contribution < -0.4 is 10.1 Å². The van der Waals surface area contributed by atoms with Crippen LogP contribution in [-0.2, 0) is 11.8 Å². The Morgan fingerprint density at radius 2 is 1.91 bits per heavy atom. The van der Waals surface area contributed by atoms with Crippen LogP contribution in [0.15, 0.2) is 55.0 Å². The summed E-state index contributed by atoms with van der Waals surface area (Å²) in [7, 11) is 3.31. The molecule has 5 rings (SSSR count). The summed E-state index contributed by atoms with van der Waals surface area (Å²) in [5.41, 5.74) is 4.14. The molecule has 0 saturated heterocycles. The molecule has 9 heteroatoms. The van der Waals surface area contributed by atoms with Crippen molar-refractivity contribution in [2.24, 2.45) is 13.0 Å². The number of nitrogens with one attached hydrogen (secondary N) is 1. The maximum absolute atomic E-state index is 13.2. The van der Waals surface area contributed by atoms with Crippen LogP contribution in [-0.4, -0.2) is 38.7 Å². The van der Waals surface area contributed by atoms with Crippen molar-refractivity contribution < 1.29 is 18.3 Å². The van der Waals surface area contributed by atoms with Crippen molar-refractivity contribution in [3.05, 3.63) is 55.0 Å². The lowest BCUT2D eigenvalue weighted by molar-refractivity contribution is -0.145. The van der Waals surface area contributed by atoms with E-state index in [2.05, 4.69) is 20.4 Å². The van der Waals surface area contributed by atoms with Gasteiger partial charge in [-0.1, -0.05) is 30.3 Å². The second-order valence-electron chi connectivity index (χ2n) is 8.17. The van der Waals surface area contributed by atoms with Gasteiger partial charge in [-0.25, -0.2) is 18.7 Å². The predicted molar refractivity (Wildman–Crippen MR) is 120 cm³/mol. The van der Waals surface area contributed by atoms with Gasteiger partial charge in [-0.3, -0.25) is 9.48 Å². The molecule has 4 aromatic rings. The highest BCUT2D eigenvalue weighted by Crippen LogP contribution is 2.43. The Labute approximate surface area is 188 Å². The van der Waals surface area contributed by atoms with E-state index < -0.39 is 30.6 Å². The Morgan fingerprint density at radius 1 is 1.15 bits per heavy atom. The Bertz CT molecular complexity index is 1350. The van der Waals surface area contributed by atoms with E-state index in [-0.39, 0.29) is 0 Å². The molecule has 168 valence electrons. The summed E-state index contributed by atoms with van der Waals surface area (Å²) in [4.78, 5) is 21.4. The molecule has 2 aromatic carbocycles. The first-order valence-electron chi connectivity index (χ1n) is 10.5. The van der Waals surface area contributed by atoms with Gasteiger partial charge in [0.05, 0.1) is 24.0 Å². The summed E-state index contributed by atoms with van der Waals surface area (Å²) in [6, 6.07) is 13.2. The highest BCUT2D eigenvalue weighted by molar-refractivity contribution is 6.02. The van der Waals surface area contributed by atoms with Crippen LogP contribution in [0.5, 0.6) is 5.75 Å². The lowest BCUT2D eigenvalue weighted by Crippen LogP contribution is -2.42. The number of halogens is 2. The van der Waals surface area contributed by atoms with Crippen molar-refractivity contribution in [2.75, 3.05) is 12.4 Å². The minimum absolute atomic E-state index is 0.381. The first-order valence-corrected chi connectivity index (χ1v) is 10.5. The predicted octanol–water partition coefficient (Wildman–Crippen LogP) is 4.69. The van der Waals surface area contributed by atoms with Gasteiger partial charge in [0.1, 0.15) is 17.8 Å². The van der Waals surface area contributed by atoms with Crippen LogP contribution >= 0.6 is 0 Å². The van der Waals surface area contributed by atoms with Gasteiger partial charge in [-0.15, -0.1) is 0 Å². The number of aromatic nitrogens is 4. The molecule has 33 heavy (non-hydrogen) atoms. The first-order chi connectivity index (χ1) is 15.8. The lowest BCUT2D eigenvalue weighted by Gasteiger charge is -2.33. The van der Waals surface area contributed by atoms with E-state index in [4.69, 9.17) is 4.74 Å². The topological polar surface area (TPSA) is 81.9 Å². The Morgan fingerprint density at radius 3 is 2.61 bits per heavy atom. The number of carbonyl (C=O) groups is 1. The number of rotatable bonds is 5. The molecule has 1 aliphatic rings. The van der Waals surface area contributed by atoms with Gasteiger partial charge in [0, 0.05) is 54.6 Å². The molecule has 1 aliphatic carbocycles. The number of methoxy groups -OCH3 is 1. The number of carbonyl (C=O) groups excluding carboxylic acids is 1. The fourth-order valence-corrected chi connectivity index (χ4v) is 4.12.